The molecule has 0 spiro atoms. The summed E-state index contributed by atoms with van der Waals surface area (Å²) in [5.74, 6) is -2.08. The Labute approximate surface area is 108 Å². The van der Waals surface area contributed by atoms with Crippen LogP contribution in [0.5, 0.6) is 0 Å². The van der Waals surface area contributed by atoms with E-state index in [1.165, 1.54) is 30.4 Å². The molecule has 0 saturated heterocycles. The van der Waals surface area contributed by atoms with Crippen molar-refractivity contribution < 1.29 is 18.0 Å². The van der Waals surface area contributed by atoms with Crippen molar-refractivity contribution >= 4 is 5.78 Å². The first-order chi connectivity index (χ1) is 8.86. The number of carbonyl (C=O) groups is 1. The van der Waals surface area contributed by atoms with E-state index in [0.717, 1.165) is 6.08 Å². The van der Waals surface area contributed by atoms with Crippen LogP contribution in [0.25, 0.3) is 0 Å². The van der Waals surface area contributed by atoms with Gasteiger partial charge in [-0.2, -0.15) is 13.2 Å². The molecule has 2 N–H and O–H groups in total. The first kappa shape index (κ1) is 13.5. The standard InChI is InChI=1S/C14H12F3NO/c15-14(16,17)13(18)9-5-4-8-11(13)12(19)10-6-2-1-3-7-10/h1-9,11H,18H2. The molecule has 0 radical (unpaired) electrons. The van der Waals surface area contributed by atoms with Gasteiger partial charge in [-0.3, -0.25) is 4.79 Å². The predicted octanol–water partition coefficient (Wildman–Crippen LogP) is 2.87. The van der Waals surface area contributed by atoms with E-state index in [9.17, 15) is 18.0 Å². The Morgan fingerprint density at radius 3 is 2.37 bits per heavy atom. The van der Waals surface area contributed by atoms with Crippen LogP contribution in [0.1, 0.15) is 10.4 Å². The van der Waals surface area contributed by atoms with Gasteiger partial charge in [0.1, 0.15) is 5.54 Å². The second-order valence-corrected chi connectivity index (χ2v) is 4.38. The van der Waals surface area contributed by atoms with Crippen LogP contribution in [0.2, 0.25) is 0 Å². The van der Waals surface area contributed by atoms with Gasteiger partial charge in [0.05, 0.1) is 5.92 Å². The molecule has 19 heavy (non-hydrogen) atoms. The third-order valence-corrected chi connectivity index (χ3v) is 3.13. The maximum absolute atomic E-state index is 13.1. The number of rotatable bonds is 2. The highest BCUT2D eigenvalue weighted by molar-refractivity contribution is 6.00. The highest BCUT2D eigenvalue weighted by atomic mass is 19.4. The van der Waals surface area contributed by atoms with Gasteiger partial charge in [0.15, 0.2) is 5.78 Å². The first-order valence-corrected chi connectivity index (χ1v) is 5.67. The van der Waals surface area contributed by atoms with Crippen LogP contribution < -0.4 is 5.73 Å². The topological polar surface area (TPSA) is 43.1 Å². The third kappa shape index (κ3) is 2.33. The smallest absolute Gasteiger partial charge is 0.314 e. The molecule has 1 aliphatic rings. The largest absolute Gasteiger partial charge is 0.411 e. The minimum atomic E-state index is -4.69. The summed E-state index contributed by atoms with van der Waals surface area (Å²) in [5, 5.41) is 0. The average molecular weight is 267 g/mol. The number of allylic oxidation sites excluding steroid dienone is 2. The van der Waals surface area contributed by atoms with Crippen LogP contribution in [0, 0.1) is 5.92 Å². The maximum Gasteiger partial charge on any atom is 0.411 e. The number of Topliss-reactive ketones (excluding diaryl/α,β-unsaturated/α-hetero) is 1. The van der Waals surface area contributed by atoms with Crippen molar-refractivity contribution in [1.82, 2.24) is 0 Å². The van der Waals surface area contributed by atoms with Crippen molar-refractivity contribution in [3.8, 4) is 0 Å². The van der Waals surface area contributed by atoms with E-state index in [1.807, 2.05) is 0 Å². The zero-order valence-corrected chi connectivity index (χ0v) is 9.89. The fraction of sp³-hybridized carbons (Fsp3) is 0.214. The number of hydrogen-bond acceptors (Lipinski definition) is 2. The van der Waals surface area contributed by atoms with Gasteiger partial charge < -0.3 is 5.73 Å². The van der Waals surface area contributed by atoms with Gasteiger partial charge in [-0.05, 0) is 0 Å². The molecule has 0 saturated carbocycles. The molecule has 1 aromatic rings. The van der Waals surface area contributed by atoms with Crippen molar-refractivity contribution in [3.63, 3.8) is 0 Å². The Kier molecular flexibility index (Phi) is 3.32. The van der Waals surface area contributed by atoms with Gasteiger partial charge in [0, 0.05) is 5.56 Å². The van der Waals surface area contributed by atoms with Crippen molar-refractivity contribution in [2.24, 2.45) is 11.7 Å². The molecular formula is C14H12F3NO. The number of alkyl halides is 3. The summed E-state index contributed by atoms with van der Waals surface area (Å²) in [7, 11) is 0. The molecule has 0 aliphatic heterocycles. The van der Waals surface area contributed by atoms with E-state index in [4.69, 9.17) is 5.73 Å². The molecule has 0 fully saturated rings. The number of nitrogens with two attached hydrogens (primary N) is 1. The lowest BCUT2D eigenvalue weighted by Crippen LogP contribution is -2.59. The van der Waals surface area contributed by atoms with Crippen LogP contribution in [-0.4, -0.2) is 17.5 Å². The monoisotopic (exact) mass is 267 g/mol. The number of benzene rings is 1. The van der Waals surface area contributed by atoms with Crippen LogP contribution in [-0.2, 0) is 0 Å². The van der Waals surface area contributed by atoms with Crippen molar-refractivity contribution in [2.75, 3.05) is 0 Å². The van der Waals surface area contributed by atoms with Gasteiger partial charge in [-0.1, -0.05) is 54.6 Å². The lowest BCUT2D eigenvalue weighted by atomic mass is 9.76. The normalized spacial score (nSPS) is 26.4. The predicted molar refractivity (Wildman–Crippen MR) is 65.5 cm³/mol. The fourth-order valence-corrected chi connectivity index (χ4v) is 2.01. The van der Waals surface area contributed by atoms with Crippen LogP contribution >= 0.6 is 0 Å². The second-order valence-electron chi connectivity index (χ2n) is 4.38. The van der Waals surface area contributed by atoms with Gasteiger partial charge in [0.25, 0.3) is 0 Å². The van der Waals surface area contributed by atoms with E-state index in [0.29, 0.717) is 0 Å². The molecule has 2 rings (SSSR count). The van der Waals surface area contributed by atoms with Gasteiger partial charge in [-0.25, -0.2) is 0 Å². The van der Waals surface area contributed by atoms with E-state index in [1.54, 1.807) is 18.2 Å². The summed E-state index contributed by atoms with van der Waals surface area (Å²) in [4.78, 5) is 12.2. The highest BCUT2D eigenvalue weighted by Gasteiger charge is 2.57. The molecule has 1 aromatic carbocycles. The van der Waals surface area contributed by atoms with E-state index < -0.39 is 23.4 Å². The van der Waals surface area contributed by atoms with Crippen molar-refractivity contribution in [1.29, 1.82) is 0 Å². The maximum atomic E-state index is 13.1. The quantitative estimate of drug-likeness (QED) is 0.837. The summed E-state index contributed by atoms with van der Waals surface area (Å²) in [6.07, 6.45) is -0.0463. The lowest BCUT2D eigenvalue weighted by Gasteiger charge is -2.35. The molecule has 2 nitrogen and oxygen atoms in total. The van der Waals surface area contributed by atoms with Crippen LogP contribution in [0.15, 0.2) is 54.6 Å². The molecule has 2 unspecified atom stereocenters. The fourth-order valence-electron chi connectivity index (χ4n) is 2.01. The minimum Gasteiger partial charge on any atom is -0.314 e. The van der Waals surface area contributed by atoms with E-state index in [2.05, 4.69) is 0 Å². The van der Waals surface area contributed by atoms with Gasteiger partial charge in [-0.15, -0.1) is 0 Å². The summed E-state index contributed by atoms with van der Waals surface area (Å²) < 4.78 is 39.3. The molecular weight excluding hydrogens is 255 g/mol. The van der Waals surface area contributed by atoms with Gasteiger partial charge >= 0.3 is 6.18 Å². The molecule has 1 aliphatic carbocycles. The van der Waals surface area contributed by atoms with Crippen molar-refractivity contribution in [3.05, 3.63) is 60.2 Å². The highest BCUT2D eigenvalue weighted by Crippen LogP contribution is 2.39. The molecule has 0 aromatic heterocycles. The minimum absolute atomic E-state index is 0.214. The zero-order chi connectivity index (χ0) is 14.1. The van der Waals surface area contributed by atoms with Crippen LogP contribution in [0.4, 0.5) is 13.2 Å². The summed E-state index contributed by atoms with van der Waals surface area (Å²) in [6, 6.07) is 7.84. The van der Waals surface area contributed by atoms with E-state index in [-0.39, 0.29) is 5.56 Å². The summed E-state index contributed by atoms with van der Waals surface area (Å²) >= 11 is 0. The summed E-state index contributed by atoms with van der Waals surface area (Å²) in [6.45, 7) is 0. The Hall–Kier alpha value is -1.88. The molecule has 2 atom stereocenters. The Morgan fingerprint density at radius 1 is 1.16 bits per heavy atom. The van der Waals surface area contributed by atoms with Gasteiger partial charge in [0.2, 0.25) is 0 Å². The molecule has 0 heterocycles. The average Bonchev–Trinajstić information content (AvgIpc) is 2.38. The van der Waals surface area contributed by atoms with E-state index >= 15 is 0 Å². The zero-order valence-electron chi connectivity index (χ0n) is 9.89. The number of hydrogen-bond donors (Lipinski definition) is 1. The molecule has 0 amide bonds. The Balaban J connectivity index is 2.41. The number of carbonyl (C=O) groups excluding carboxylic acids is 1. The third-order valence-electron chi connectivity index (χ3n) is 3.13. The Bertz CT molecular complexity index is 533. The second kappa shape index (κ2) is 4.66. The first-order valence-electron chi connectivity index (χ1n) is 5.67. The number of ketones is 1. The molecule has 100 valence electrons. The molecule has 5 heteroatoms. The SMILES string of the molecule is NC1(C(F)(F)F)C=CC=CC1C(=O)c1ccccc1. The lowest BCUT2D eigenvalue weighted by molar-refractivity contribution is -0.177. The van der Waals surface area contributed by atoms with Crippen molar-refractivity contribution in [2.45, 2.75) is 11.7 Å². The molecule has 0 bridgehead atoms. The summed E-state index contributed by atoms with van der Waals surface area (Å²) in [5.41, 5.74) is 2.99. The van der Waals surface area contributed by atoms with Crippen LogP contribution in [0.3, 0.4) is 0 Å². The Morgan fingerprint density at radius 2 is 1.79 bits per heavy atom. The number of halogens is 3.